The van der Waals surface area contributed by atoms with Crippen molar-refractivity contribution in [2.24, 2.45) is 0 Å². The number of ether oxygens (including phenoxy) is 1. The standard InChI is InChI=1S/C11H15N5OS2/c1-7(2)14-8-4-9(13-6-12-8)18-11-16-15-10(19-11)5-17-3/h4,6-7H,5H2,1-3H3,(H,12,13,14). The van der Waals surface area contributed by atoms with E-state index in [0.29, 0.717) is 12.6 Å². The van der Waals surface area contributed by atoms with Crippen molar-refractivity contribution >= 4 is 28.9 Å². The van der Waals surface area contributed by atoms with Crippen molar-refractivity contribution < 1.29 is 4.74 Å². The molecule has 0 aromatic carbocycles. The minimum Gasteiger partial charge on any atom is -0.377 e. The first-order valence-electron chi connectivity index (χ1n) is 5.75. The third-order valence-corrected chi connectivity index (χ3v) is 3.87. The van der Waals surface area contributed by atoms with Gasteiger partial charge in [0.25, 0.3) is 0 Å². The van der Waals surface area contributed by atoms with E-state index < -0.39 is 0 Å². The van der Waals surface area contributed by atoms with Crippen molar-refractivity contribution in [2.45, 2.75) is 35.9 Å². The summed E-state index contributed by atoms with van der Waals surface area (Å²) in [5.74, 6) is 0.814. The molecule has 0 saturated carbocycles. The van der Waals surface area contributed by atoms with Crippen LogP contribution >= 0.6 is 23.1 Å². The van der Waals surface area contributed by atoms with Crippen molar-refractivity contribution in [3.8, 4) is 0 Å². The lowest BCUT2D eigenvalue weighted by Crippen LogP contribution is -2.11. The largest absolute Gasteiger partial charge is 0.377 e. The lowest BCUT2D eigenvalue weighted by molar-refractivity contribution is 0.184. The topological polar surface area (TPSA) is 72.8 Å². The highest BCUT2D eigenvalue weighted by Crippen LogP contribution is 2.29. The third-order valence-electron chi connectivity index (χ3n) is 1.99. The first-order chi connectivity index (χ1) is 9.17. The van der Waals surface area contributed by atoms with Crippen molar-refractivity contribution in [2.75, 3.05) is 12.4 Å². The minimum absolute atomic E-state index is 0.336. The van der Waals surface area contributed by atoms with E-state index in [1.807, 2.05) is 6.07 Å². The van der Waals surface area contributed by atoms with Crippen LogP contribution < -0.4 is 5.32 Å². The number of hydrogen-bond donors (Lipinski definition) is 1. The molecular formula is C11H15N5OS2. The summed E-state index contributed by atoms with van der Waals surface area (Å²) in [7, 11) is 1.64. The van der Waals surface area contributed by atoms with Gasteiger partial charge in [-0.2, -0.15) is 0 Å². The molecule has 0 atom stereocenters. The van der Waals surface area contributed by atoms with Gasteiger partial charge < -0.3 is 10.1 Å². The molecule has 0 spiro atoms. The molecule has 2 aromatic rings. The maximum absolute atomic E-state index is 5.02. The van der Waals surface area contributed by atoms with Gasteiger partial charge in [-0.15, -0.1) is 10.2 Å². The van der Waals surface area contributed by atoms with Crippen LogP contribution in [-0.4, -0.2) is 33.3 Å². The second-order valence-electron chi connectivity index (χ2n) is 4.04. The normalized spacial score (nSPS) is 10.9. The van der Waals surface area contributed by atoms with Crippen LogP contribution in [0.15, 0.2) is 21.8 Å². The SMILES string of the molecule is COCc1nnc(Sc2cc(NC(C)C)ncn2)s1. The second-order valence-corrected chi connectivity index (χ2v) is 6.37. The molecule has 6 nitrogen and oxygen atoms in total. The van der Waals surface area contributed by atoms with E-state index in [1.54, 1.807) is 13.4 Å². The monoisotopic (exact) mass is 297 g/mol. The number of nitrogens with one attached hydrogen (secondary N) is 1. The molecule has 0 saturated heterocycles. The van der Waals surface area contributed by atoms with Crippen LogP contribution in [0.25, 0.3) is 0 Å². The summed E-state index contributed by atoms with van der Waals surface area (Å²) < 4.78 is 5.87. The summed E-state index contributed by atoms with van der Waals surface area (Å²) in [6.07, 6.45) is 1.55. The van der Waals surface area contributed by atoms with Gasteiger partial charge >= 0.3 is 0 Å². The zero-order chi connectivity index (χ0) is 13.7. The van der Waals surface area contributed by atoms with Gasteiger partial charge in [-0.25, -0.2) is 9.97 Å². The van der Waals surface area contributed by atoms with Crippen LogP contribution in [0.5, 0.6) is 0 Å². The Kier molecular flexibility index (Phi) is 5.06. The predicted octanol–water partition coefficient (Wildman–Crippen LogP) is 2.45. The van der Waals surface area contributed by atoms with Crippen molar-refractivity contribution in [3.05, 3.63) is 17.4 Å². The Balaban J connectivity index is 2.05. The molecule has 0 aliphatic rings. The highest BCUT2D eigenvalue weighted by molar-refractivity contribution is 8.01. The highest BCUT2D eigenvalue weighted by atomic mass is 32.2. The summed E-state index contributed by atoms with van der Waals surface area (Å²) in [5.41, 5.74) is 0. The average molecular weight is 297 g/mol. The zero-order valence-electron chi connectivity index (χ0n) is 11.0. The van der Waals surface area contributed by atoms with Crippen LogP contribution in [0.4, 0.5) is 5.82 Å². The molecule has 0 amide bonds. The number of aromatic nitrogens is 4. The van der Waals surface area contributed by atoms with Gasteiger partial charge in [0.2, 0.25) is 0 Å². The first-order valence-corrected chi connectivity index (χ1v) is 7.38. The van der Waals surface area contributed by atoms with Crippen molar-refractivity contribution in [3.63, 3.8) is 0 Å². The van der Waals surface area contributed by atoms with E-state index in [4.69, 9.17) is 4.74 Å². The lowest BCUT2D eigenvalue weighted by atomic mass is 10.4. The van der Waals surface area contributed by atoms with E-state index in [1.165, 1.54) is 23.1 Å². The smallest absolute Gasteiger partial charge is 0.180 e. The van der Waals surface area contributed by atoms with Gasteiger partial charge in [0, 0.05) is 19.2 Å². The quantitative estimate of drug-likeness (QED) is 0.821. The van der Waals surface area contributed by atoms with E-state index in [2.05, 4.69) is 39.3 Å². The Labute approximate surface area is 120 Å². The van der Waals surface area contributed by atoms with Crippen LogP contribution in [0.1, 0.15) is 18.9 Å². The second kappa shape index (κ2) is 6.78. The summed E-state index contributed by atoms with van der Waals surface area (Å²) in [5, 5.41) is 13.1. The first kappa shape index (κ1) is 14.2. The fourth-order valence-corrected chi connectivity index (χ4v) is 3.10. The van der Waals surface area contributed by atoms with Gasteiger partial charge in [-0.05, 0) is 25.6 Å². The molecule has 0 unspecified atom stereocenters. The Morgan fingerprint density at radius 1 is 1.37 bits per heavy atom. The maximum Gasteiger partial charge on any atom is 0.180 e. The van der Waals surface area contributed by atoms with Gasteiger partial charge in [0.1, 0.15) is 22.2 Å². The van der Waals surface area contributed by atoms with Gasteiger partial charge in [-0.3, -0.25) is 0 Å². The highest BCUT2D eigenvalue weighted by Gasteiger charge is 2.08. The average Bonchev–Trinajstić information content (AvgIpc) is 2.76. The number of hydrogen-bond acceptors (Lipinski definition) is 8. The summed E-state index contributed by atoms with van der Waals surface area (Å²) in [6, 6.07) is 2.24. The number of rotatable bonds is 6. The lowest BCUT2D eigenvalue weighted by Gasteiger charge is -2.08. The van der Waals surface area contributed by atoms with Crippen LogP contribution in [-0.2, 0) is 11.3 Å². The molecule has 0 bridgehead atoms. The Morgan fingerprint density at radius 3 is 2.95 bits per heavy atom. The van der Waals surface area contributed by atoms with Crippen LogP contribution in [0.3, 0.4) is 0 Å². The molecule has 102 valence electrons. The van der Waals surface area contributed by atoms with E-state index in [-0.39, 0.29) is 0 Å². The molecule has 1 N–H and O–H groups in total. The summed E-state index contributed by atoms with van der Waals surface area (Å²) in [4.78, 5) is 8.38. The summed E-state index contributed by atoms with van der Waals surface area (Å²) in [6.45, 7) is 4.62. The van der Waals surface area contributed by atoms with E-state index >= 15 is 0 Å². The number of anilines is 1. The molecular weight excluding hydrogens is 282 g/mol. The molecule has 2 rings (SSSR count). The molecule has 0 aliphatic heterocycles. The minimum atomic E-state index is 0.336. The van der Waals surface area contributed by atoms with Gasteiger partial charge in [0.15, 0.2) is 4.34 Å². The molecule has 19 heavy (non-hydrogen) atoms. The molecule has 2 heterocycles. The van der Waals surface area contributed by atoms with Crippen LogP contribution in [0, 0.1) is 0 Å². The molecule has 2 aromatic heterocycles. The predicted molar refractivity (Wildman–Crippen MR) is 75.5 cm³/mol. The van der Waals surface area contributed by atoms with Gasteiger partial charge in [-0.1, -0.05) is 11.3 Å². The number of methoxy groups -OCH3 is 1. The zero-order valence-corrected chi connectivity index (χ0v) is 12.6. The van der Waals surface area contributed by atoms with E-state index in [0.717, 1.165) is 20.2 Å². The Hall–Kier alpha value is -1.25. The third kappa shape index (κ3) is 4.41. The molecule has 0 radical (unpaired) electrons. The fraction of sp³-hybridized carbons (Fsp3) is 0.455. The molecule has 0 fully saturated rings. The van der Waals surface area contributed by atoms with E-state index in [9.17, 15) is 0 Å². The molecule has 8 heteroatoms. The molecule has 0 aliphatic carbocycles. The van der Waals surface area contributed by atoms with Crippen molar-refractivity contribution in [1.82, 2.24) is 20.2 Å². The Bertz CT molecular complexity index is 531. The van der Waals surface area contributed by atoms with Crippen LogP contribution in [0.2, 0.25) is 0 Å². The Morgan fingerprint density at radius 2 is 2.21 bits per heavy atom. The fourth-order valence-electron chi connectivity index (χ4n) is 1.32. The number of nitrogens with zero attached hydrogens (tertiary/aromatic N) is 4. The van der Waals surface area contributed by atoms with Crippen molar-refractivity contribution in [1.29, 1.82) is 0 Å². The van der Waals surface area contributed by atoms with Gasteiger partial charge in [0.05, 0.1) is 6.61 Å². The maximum atomic E-state index is 5.02. The summed E-state index contributed by atoms with van der Waals surface area (Å²) >= 11 is 2.98.